The summed E-state index contributed by atoms with van der Waals surface area (Å²) in [7, 11) is -4.50. The molecule has 0 aromatic heterocycles. The van der Waals surface area contributed by atoms with Crippen LogP contribution in [0.5, 0.6) is 17.2 Å². The normalized spacial score (nSPS) is 11.4. The highest BCUT2D eigenvalue weighted by Crippen LogP contribution is 2.35. The Morgan fingerprint density at radius 2 is 1.64 bits per heavy atom. The second kappa shape index (κ2) is 8.87. The van der Waals surface area contributed by atoms with Gasteiger partial charge in [-0.25, -0.2) is 0 Å². The van der Waals surface area contributed by atoms with Crippen LogP contribution in [0, 0.1) is 0 Å². The van der Waals surface area contributed by atoms with E-state index in [0.29, 0.717) is 5.75 Å². The SMILES string of the molecule is CCCCCCCc1ccc(Oc2cccc(S(=O)(=O)O)c2O)cc1. The predicted octanol–water partition coefficient (Wildman–Crippen LogP) is 4.94. The molecule has 0 unspecified atom stereocenters. The fourth-order valence-corrected chi connectivity index (χ4v) is 3.17. The van der Waals surface area contributed by atoms with Crippen molar-refractivity contribution < 1.29 is 22.8 Å². The molecule has 0 atom stereocenters. The molecule has 2 aromatic carbocycles. The minimum absolute atomic E-state index is 0.0255. The van der Waals surface area contributed by atoms with Crippen LogP contribution < -0.4 is 4.74 Å². The number of hydrogen-bond donors (Lipinski definition) is 2. The Morgan fingerprint density at radius 1 is 0.960 bits per heavy atom. The molecule has 0 aliphatic heterocycles. The number of aryl methyl sites for hydroxylation is 1. The van der Waals surface area contributed by atoms with Crippen molar-refractivity contribution in [3.8, 4) is 17.2 Å². The van der Waals surface area contributed by atoms with Gasteiger partial charge in [-0.15, -0.1) is 0 Å². The van der Waals surface area contributed by atoms with Crippen molar-refractivity contribution >= 4 is 10.1 Å². The Morgan fingerprint density at radius 3 is 2.28 bits per heavy atom. The Kier molecular flexibility index (Phi) is 6.84. The van der Waals surface area contributed by atoms with Gasteiger partial charge in [-0.2, -0.15) is 8.42 Å². The fraction of sp³-hybridized carbons (Fsp3) is 0.368. The molecule has 0 fully saturated rings. The van der Waals surface area contributed by atoms with Crippen LogP contribution in [0.15, 0.2) is 47.4 Å². The Labute approximate surface area is 149 Å². The molecule has 2 aromatic rings. The maximum Gasteiger partial charge on any atom is 0.298 e. The highest BCUT2D eigenvalue weighted by atomic mass is 32.2. The second-order valence-electron chi connectivity index (χ2n) is 5.99. The summed E-state index contributed by atoms with van der Waals surface area (Å²) >= 11 is 0. The lowest BCUT2D eigenvalue weighted by atomic mass is 10.1. The van der Waals surface area contributed by atoms with Gasteiger partial charge in [-0.05, 0) is 42.7 Å². The number of rotatable bonds is 9. The quantitative estimate of drug-likeness (QED) is 0.486. The third-order valence-corrected chi connectivity index (χ3v) is 4.85. The molecule has 0 spiro atoms. The summed E-state index contributed by atoms with van der Waals surface area (Å²) in [6.07, 6.45) is 7.16. The van der Waals surface area contributed by atoms with Crippen LogP contribution in [-0.4, -0.2) is 18.1 Å². The summed E-state index contributed by atoms with van der Waals surface area (Å²) in [4.78, 5) is -0.575. The van der Waals surface area contributed by atoms with Gasteiger partial charge >= 0.3 is 0 Å². The predicted molar refractivity (Wildman–Crippen MR) is 96.9 cm³/mol. The average Bonchev–Trinajstić information content (AvgIpc) is 2.57. The van der Waals surface area contributed by atoms with Crippen LogP contribution in [0.1, 0.15) is 44.6 Å². The number of unbranched alkanes of at least 4 members (excludes halogenated alkanes) is 4. The largest absolute Gasteiger partial charge is 0.503 e. The number of hydrogen-bond acceptors (Lipinski definition) is 4. The summed E-state index contributed by atoms with van der Waals surface area (Å²) in [5.74, 6) is -0.148. The zero-order valence-corrected chi connectivity index (χ0v) is 15.1. The topological polar surface area (TPSA) is 83.8 Å². The Hall–Kier alpha value is -2.05. The van der Waals surface area contributed by atoms with Gasteiger partial charge in [0.15, 0.2) is 11.5 Å². The van der Waals surface area contributed by atoms with Crippen molar-refractivity contribution in [1.29, 1.82) is 0 Å². The summed E-state index contributed by atoms with van der Waals surface area (Å²) < 4.78 is 37.0. The maximum atomic E-state index is 11.2. The summed E-state index contributed by atoms with van der Waals surface area (Å²) in [5, 5.41) is 9.96. The summed E-state index contributed by atoms with van der Waals surface area (Å²) in [6.45, 7) is 2.20. The lowest BCUT2D eigenvalue weighted by Crippen LogP contribution is -1.99. The molecule has 0 saturated carbocycles. The molecule has 0 radical (unpaired) electrons. The third-order valence-electron chi connectivity index (χ3n) is 3.96. The number of aromatic hydroxyl groups is 1. The van der Waals surface area contributed by atoms with Crippen LogP contribution in [0.2, 0.25) is 0 Å². The molecular formula is C19H24O5S. The molecule has 2 N–H and O–H groups in total. The van der Waals surface area contributed by atoms with Crippen LogP contribution >= 0.6 is 0 Å². The first-order valence-electron chi connectivity index (χ1n) is 8.48. The van der Waals surface area contributed by atoms with Gasteiger partial charge < -0.3 is 9.84 Å². The van der Waals surface area contributed by atoms with E-state index in [-0.39, 0.29) is 5.75 Å². The van der Waals surface area contributed by atoms with Crippen LogP contribution in [-0.2, 0) is 16.5 Å². The highest BCUT2D eigenvalue weighted by Gasteiger charge is 2.19. The molecular weight excluding hydrogens is 340 g/mol. The van der Waals surface area contributed by atoms with E-state index in [9.17, 15) is 13.5 Å². The number of phenolic OH excluding ortho intramolecular Hbond substituents is 1. The highest BCUT2D eigenvalue weighted by molar-refractivity contribution is 7.86. The van der Waals surface area contributed by atoms with Gasteiger partial charge in [0.1, 0.15) is 10.6 Å². The van der Waals surface area contributed by atoms with E-state index in [4.69, 9.17) is 9.29 Å². The lowest BCUT2D eigenvalue weighted by molar-refractivity contribution is 0.395. The molecule has 0 aliphatic rings. The molecule has 5 nitrogen and oxygen atoms in total. The fourth-order valence-electron chi connectivity index (χ4n) is 2.58. The minimum Gasteiger partial charge on any atom is -0.503 e. The van der Waals surface area contributed by atoms with Crippen molar-refractivity contribution in [3.63, 3.8) is 0 Å². The minimum atomic E-state index is -4.50. The zero-order valence-electron chi connectivity index (χ0n) is 14.3. The Balaban J connectivity index is 2.00. The first-order valence-corrected chi connectivity index (χ1v) is 9.92. The first kappa shape index (κ1) is 19.3. The van der Waals surface area contributed by atoms with E-state index in [1.165, 1.54) is 43.4 Å². The number of ether oxygens (including phenoxy) is 1. The van der Waals surface area contributed by atoms with Crippen LogP contribution in [0.4, 0.5) is 0 Å². The first-order chi connectivity index (χ1) is 11.9. The van der Waals surface area contributed by atoms with Crippen molar-refractivity contribution in [2.24, 2.45) is 0 Å². The number of para-hydroxylation sites is 1. The van der Waals surface area contributed by atoms with Crippen LogP contribution in [0.25, 0.3) is 0 Å². The monoisotopic (exact) mass is 364 g/mol. The average molecular weight is 364 g/mol. The van der Waals surface area contributed by atoms with Crippen molar-refractivity contribution in [2.45, 2.75) is 50.3 Å². The van der Waals surface area contributed by atoms with E-state index in [0.717, 1.165) is 18.9 Å². The number of benzene rings is 2. The van der Waals surface area contributed by atoms with Gasteiger partial charge in [0.05, 0.1) is 0 Å². The second-order valence-corrected chi connectivity index (χ2v) is 7.38. The number of phenols is 1. The van der Waals surface area contributed by atoms with Crippen molar-refractivity contribution in [3.05, 3.63) is 48.0 Å². The smallest absolute Gasteiger partial charge is 0.298 e. The van der Waals surface area contributed by atoms with E-state index >= 15 is 0 Å². The Bertz CT molecular complexity index is 782. The molecule has 25 heavy (non-hydrogen) atoms. The molecule has 0 saturated heterocycles. The molecule has 0 heterocycles. The van der Waals surface area contributed by atoms with Crippen LogP contribution in [0.3, 0.4) is 0 Å². The molecule has 136 valence electrons. The van der Waals surface area contributed by atoms with Crippen molar-refractivity contribution in [2.75, 3.05) is 0 Å². The third kappa shape index (κ3) is 5.76. The van der Waals surface area contributed by atoms with Gasteiger partial charge in [0.25, 0.3) is 10.1 Å². The van der Waals surface area contributed by atoms with Gasteiger partial charge in [0.2, 0.25) is 0 Å². The maximum absolute atomic E-state index is 11.2. The van der Waals surface area contributed by atoms with E-state index in [1.807, 2.05) is 12.1 Å². The molecule has 0 aliphatic carbocycles. The molecule has 0 bridgehead atoms. The zero-order chi connectivity index (χ0) is 18.3. The summed E-state index contributed by atoms with van der Waals surface area (Å²) in [5.41, 5.74) is 1.21. The van der Waals surface area contributed by atoms with Gasteiger partial charge in [-0.1, -0.05) is 50.8 Å². The van der Waals surface area contributed by atoms with Crippen molar-refractivity contribution in [1.82, 2.24) is 0 Å². The molecule has 0 amide bonds. The van der Waals surface area contributed by atoms with Gasteiger partial charge in [0, 0.05) is 0 Å². The lowest BCUT2D eigenvalue weighted by Gasteiger charge is -2.10. The van der Waals surface area contributed by atoms with E-state index in [1.54, 1.807) is 12.1 Å². The van der Waals surface area contributed by atoms with Gasteiger partial charge in [-0.3, -0.25) is 4.55 Å². The molecule has 6 heteroatoms. The van der Waals surface area contributed by atoms with E-state index < -0.39 is 20.8 Å². The standard InChI is InChI=1S/C19H24O5S/c1-2-3-4-5-6-8-15-11-13-16(14-12-15)24-17-9-7-10-18(19(17)20)25(21,22)23/h7,9-14,20H,2-6,8H2,1H3,(H,21,22,23). The molecule has 2 rings (SSSR count). The summed E-state index contributed by atoms with van der Waals surface area (Å²) in [6, 6.07) is 11.4. The van der Waals surface area contributed by atoms with E-state index in [2.05, 4.69) is 6.92 Å².